The minimum absolute atomic E-state index is 0.458. The van der Waals surface area contributed by atoms with Gasteiger partial charge in [0, 0.05) is 4.47 Å². The smallest absolute Gasteiger partial charge is 0.0930 e. The number of halogens is 1. The fourth-order valence-electron chi connectivity index (χ4n) is 1.19. The van der Waals surface area contributed by atoms with Crippen LogP contribution < -0.4 is 5.90 Å². The largest absolute Gasteiger partial charge is 0.300 e. The third-order valence-electron chi connectivity index (χ3n) is 1.90. The molecule has 0 saturated heterocycles. The molecule has 3 heteroatoms. The molecule has 0 fully saturated rings. The van der Waals surface area contributed by atoms with E-state index in [-0.39, 0.29) is 0 Å². The molecule has 0 aliphatic rings. The van der Waals surface area contributed by atoms with Gasteiger partial charge in [0.1, 0.15) is 0 Å². The van der Waals surface area contributed by atoms with Gasteiger partial charge in [-0.05, 0) is 29.2 Å². The van der Waals surface area contributed by atoms with E-state index in [2.05, 4.69) is 46.7 Å². The third kappa shape index (κ3) is 3.10. The lowest BCUT2D eigenvalue weighted by Crippen LogP contribution is -2.00. The van der Waals surface area contributed by atoms with Crippen molar-refractivity contribution in [2.24, 2.45) is 5.90 Å². The van der Waals surface area contributed by atoms with E-state index >= 15 is 0 Å². The summed E-state index contributed by atoms with van der Waals surface area (Å²) in [5, 5.41) is 0. The molecule has 0 amide bonds. The Morgan fingerprint density at radius 3 is 2.62 bits per heavy atom. The summed E-state index contributed by atoms with van der Waals surface area (Å²) in [6.07, 6.45) is 0. The van der Waals surface area contributed by atoms with Gasteiger partial charge in [0.15, 0.2) is 0 Å². The molecule has 0 aliphatic heterocycles. The van der Waals surface area contributed by atoms with Crippen molar-refractivity contribution in [2.45, 2.75) is 26.4 Å². The van der Waals surface area contributed by atoms with Crippen LogP contribution in [0, 0.1) is 0 Å². The first-order valence-corrected chi connectivity index (χ1v) is 5.04. The SMILES string of the molecule is CC(C)c1cc(Br)cc(CON)c1. The average molecular weight is 244 g/mol. The van der Waals surface area contributed by atoms with Crippen LogP contribution in [0.2, 0.25) is 0 Å². The fourth-order valence-corrected chi connectivity index (χ4v) is 1.75. The Bertz CT molecular complexity index is 286. The van der Waals surface area contributed by atoms with Crippen molar-refractivity contribution < 1.29 is 4.84 Å². The van der Waals surface area contributed by atoms with Crippen LogP contribution in [0.5, 0.6) is 0 Å². The van der Waals surface area contributed by atoms with Crippen LogP contribution >= 0.6 is 15.9 Å². The maximum absolute atomic E-state index is 5.02. The zero-order valence-electron chi connectivity index (χ0n) is 7.88. The van der Waals surface area contributed by atoms with Gasteiger partial charge in [-0.15, -0.1) is 0 Å². The molecule has 72 valence electrons. The first-order valence-electron chi connectivity index (χ1n) is 4.24. The molecule has 0 radical (unpaired) electrons. The number of rotatable bonds is 3. The van der Waals surface area contributed by atoms with Crippen molar-refractivity contribution in [3.8, 4) is 0 Å². The van der Waals surface area contributed by atoms with Crippen LogP contribution in [0.3, 0.4) is 0 Å². The molecule has 2 nitrogen and oxygen atoms in total. The Balaban J connectivity index is 2.96. The van der Waals surface area contributed by atoms with Crippen LogP contribution in [0.1, 0.15) is 30.9 Å². The second kappa shape index (κ2) is 4.74. The summed E-state index contributed by atoms with van der Waals surface area (Å²) in [5.41, 5.74) is 2.39. The number of hydrogen-bond donors (Lipinski definition) is 1. The number of hydrogen-bond acceptors (Lipinski definition) is 2. The average Bonchev–Trinajstić information content (AvgIpc) is 2.03. The Hall–Kier alpha value is -0.380. The van der Waals surface area contributed by atoms with E-state index in [1.165, 1.54) is 5.56 Å². The van der Waals surface area contributed by atoms with Gasteiger partial charge in [-0.25, -0.2) is 5.90 Å². The van der Waals surface area contributed by atoms with E-state index in [1.54, 1.807) is 0 Å². The highest BCUT2D eigenvalue weighted by molar-refractivity contribution is 9.10. The number of benzene rings is 1. The van der Waals surface area contributed by atoms with E-state index in [0.717, 1.165) is 10.0 Å². The molecule has 0 spiro atoms. The summed E-state index contributed by atoms with van der Waals surface area (Å²) in [6, 6.07) is 6.24. The topological polar surface area (TPSA) is 35.2 Å². The van der Waals surface area contributed by atoms with Crippen molar-refractivity contribution in [3.05, 3.63) is 33.8 Å². The second-order valence-corrected chi connectivity index (χ2v) is 4.27. The van der Waals surface area contributed by atoms with E-state index in [4.69, 9.17) is 5.90 Å². The highest BCUT2D eigenvalue weighted by Gasteiger charge is 2.02. The Morgan fingerprint density at radius 1 is 1.38 bits per heavy atom. The maximum atomic E-state index is 5.02. The monoisotopic (exact) mass is 243 g/mol. The van der Waals surface area contributed by atoms with Crippen molar-refractivity contribution >= 4 is 15.9 Å². The maximum Gasteiger partial charge on any atom is 0.0930 e. The van der Waals surface area contributed by atoms with Gasteiger partial charge in [-0.3, -0.25) is 4.84 Å². The molecule has 0 saturated carbocycles. The Morgan fingerprint density at radius 2 is 2.08 bits per heavy atom. The molecule has 0 aromatic heterocycles. The predicted octanol–water partition coefficient (Wildman–Crippen LogP) is 2.96. The van der Waals surface area contributed by atoms with E-state index in [1.807, 2.05) is 6.07 Å². The molecule has 0 unspecified atom stereocenters. The summed E-state index contributed by atoms with van der Waals surface area (Å²) >= 11 is 3.45. The highest BCUT2D eigenvalue weighted by Crippen LogP contribution is 2.22. The quantitative estimate of drug-likeness (QED) is 0.829. The second-order valence-electron chi connectivity index (χ2n) is 3.36. The molecule has 1 aromatic rings. The fraction of sp³-hybridized carbons (Fsp3) is 0.400. The first kappa shape index (κ1) is 10.7. The minimum Gasteiger partial charge on any atom is -0.300 e. The predicted molar refractivity (Wildman–Crippen MR) is 57.2 cm³/mol. The van der Waals surface area contributed by atoms with Crippen LogP contribution in [0.4, 0.5) is 0 Å². The summed E-state index contributed by atoms with van der Waals surface area (Å²) < 4.78 is 1.07. The number of nitrogens with two attached hydrogens (primary N) is 1. The van der Waals surface area contributed by atoms with Crippen LogP contribution in [0.25, 0.3) is 0 Å². The standard InChI is InChI=1S/C10H14BrNO/c1-7(2)9-3-8(6-13-12)4-10(11)5-9/h3-5,7H,6,12H2,1-2H3. The third-order valence-corrected chi connectivity index (χ3v) is 2.35. The highest BCUT2D eigenvalue weighted by atomic mass is 79.9. The molecule has 2 N–H and O–H groups in total. The molecular formula is C10H14BrNO. The summed E-state index contributed by atoms with van der Waals surface area (Å²) in [4.78, 5) is 4.60. The molecule has 0 bridgehead atoms. The van der Waals surface area contributed by atoms with Crippen LogP contribution in [0.15, 0.2) is 22.7 Å². The van der Waals surface area contributed by atoms with Gasteiger partial charge in [-0.2, -0.15) is 0 Å². The molecule has 0 aliphatic carbocycles. The van der Waals surface area contributed by atoms with Crippen molar-refractivity contribution in [1.29, 1.82) is 0 Å². The zero-order valence-corrected chi connectivity index (χ0v) is 9.47. The van der Waals surface area contributed by atoms with Crippen LogP contribution in [-0.2, 0) is 11.4 Å². The van der Waals surface area contributed by atoms with Gasteiger partial charge in [0.05, 0.1) is 6.61 Å². The lowest BCUT2D eigenvalue weighted by molar-refractivity contribution is 0.124. The molecular weight excluding hydrogens is 230 g/mol. The molecule has 0 atom stereocenters. The van der Waals surface area contributed by atoms with E-state index < -0.39 is 0 Å². The normalized spacial score (nSPS) is 10.8. The zero-order chi connectivity index (χ0) is 9.84. The first-order chi connectivity index (χ1) is 6.13. The van der Waals surface area contributed by atoms with E-state index in [0.29, 0.717) is 12.5 Å². The van der Waals surface area contributed by atoms with Crippen molar-refractivity contribution in [3.63, 3.8) is 0 Å². The van der Waals surface area contributed by atoms with Crippen molar-refractivity contribution in [1.82, 2.24) is 0 Å². The van der Waals surface area contributed by atoms with Crippen molar-refractivity contribution in [2.75, 3.05) is 0 Å². The molecule has 1 aromatic carbocycles. The van der Waals surface area contributed by atoms with Gasteiger partial charge in [-0.1, -0.05) is 35.8 Å². The minimum atomic E-state index is 0.458. The van der Waals surface area contributed by atoms with Gasteiger partial charge in [0.2, 0.25) is 0 Å². The summed E-state index contributed by atoms with van der Waals surface area (Å²) in [7, 11) is 0. The lowest BCUT2D eigenvalue weighted by atomic mass is 10.0. The van der Waals surface area contributed by atoms with Gasteiger partial charge < -0.3 is 0 Å². The van der Waals surface area contributed by atoms with Gasteiger partial charge >= 0.3 is 0 Å². The molecule has 1 rings (SSSR count). The Labute approximate surface area is 87.2 Å². The van der Waals surface area contributed by atoms with Gasteiger partial charge in [0.25, 0.3) is 0 Å². The summed E-state index contributed by atoms with van der Waals surface area (Å²) in [6.45, 7) is 4.78. The van der Waals surface area contributed by atoms with Crippen LogP contribution in [-0.4, -0.2) is 0 Å². The molecule has 13 heavy (non-hydrogen) atoms. The Kier molecular flexibility index (Phi) is 3.90. The lowest BCUT2D eigenvalue weighted by Gasteiger charge is -2.08. The summed E-state index contributed by atoms with van der Waals surface area (Å²) in [5.74, 6) is 5.54. The molecule has 0 heterocycles. The van der Waals surface area contributed by atoms with E-state index in [9.17, 15) is 0 Å².